The van der Waals surface area contributed by atoms with Crippen LogP contribution in [0.5, 0.6) is 0 Å². The summed E-state index contributed by atoms with van der Waals surface area (Å²) in [5.41, 5.74) is 0. The van der Waals surface area contributed by atoms with E-state index < -0.39 is 0 Å². The Morgan fingerprint density at radius 2 is 2.00 bits per heavy atom. The molecule has 1 aromatic heterocycles. The number of nitrogens with zero attached hydrogens (tertiary/aromatic N) is 1. The molecule has 1 heterocycles. The summed E-state index contributed by atoms with van der Waals surface area (Å²) in [7, 11) is 0. The fraction of sp³-hybridized carbons (Fsp3) is 0.583. The Morgan fingerprint density at radius 1 is 1.21 bits per heavy atom. The molecule has 1 nitrogen and oxygen atoms in total. The lowest BCUT2D eigenvalue weighted by Gasteiger charge is -1.96. The quantitative estimate of drug-likeness (QED) is 0.648. The highest BCUT2D eigenvalue weighted by atomic mass is 32.1. The molecule has 1 aromatic rings. The minimum absolute atomic E-state index is 0.569. The van der Waals surface area contributed by atoms with Crippen LogP contribution in [0.3, 0.4) is 0 Å². The molecule has 0 saturated carbocycles. The summed E-state index contributed by atoms with van der Waals surface area (Å²) in [4.78, 5) is 2.64. The highest BCUT2D eigenvalue weighted by Crippen LogP contribution is 2.19. The van der Waals surface area contributed by atoms with Crippen molar-refractivity contribution in [2.75, 3.05) is 0 Å². The monoisotopic (exact) mass is 207 g/mol. The standard InChI is InChI=1S/C12H17NS/c1-2-3-4-5-6-11-7-8-12(14-11)9-10-13/h7-8H,2-6,9H2,1H3. The van der Waals surface area contributed by atoms with E-state index in [1.54, 1.807) is 11.3 Å². The Bertz CT molecular complexity index is 296. The van der Waals surface area contributed by atoms with Crippen molar-refractivity contribution in [1.29, 1.82) is 5.26 Å². The van der Waals surface area contributed by atoms with E-state index in [1.807, 2.05) is 0 Å². The van der Waals surface area contributed by atoms with Gasteiger partial charge in [0.1, 0.15) is 0 Å². The van der Waals surface area contributed by atoms with Crippen molar-refractivity contribution < 1.29 is 0 Å². The van der Waals surface area contributed by atoms with Crippen molar-refractivity contribution in [3.8, 4) is 6.07 Å². The Hall–Kier alpha value is -0.810. The molecule has 0 atom stereocenters. The lowest BCUT2D eigenvalue weighted by atomic mass is 10.1. The van der Waals surface area contributed by atoms with Crippen molar-refractivity contribution in [3.63, 3.8) is 0 Å². The van der Waals surface area contributed by atoms with E-state index in [4.69, 9.17) is 5.26 Å². The molecule has 0 N–H and O–H groups in total. The maximum Gasteiger partial charge on any atom is 0.0695 e. The van der Waals surface area contributed by atoms with Gasteiger partial charge < -0.3 is 0 Å². The van der Waals surface area contributed by atoms with E-state index in [2.05, 4.69) is 25.1 Å². The molecule has 0 aliphatic carbocycles. The van der Waals surface area contributed by atoms with Gasteiger partial charge in [0.05, 0.1) is 12.5 Å². The zero-order chi connectivity index (χ0) is 10.2. The molecule has 0 bridgehead atoms. The number of hydrogen-bond acceptors (Lipinski definition) is 2. The lowest BCUT2D eigenvalue weighted by molar-refractivity contribution is 0.670. The molecule has 0 fully saturated rings. The third kappa shape index (κ3) is 3.93. The number of thiophene rings is 1. The first-order valence-corrected chi connectivity index (χ1v) is 6.13. The molecular weight excluding hydrogens is 190 g/mol. The van der Waals surface area contributed by atoms with Crippen LogP contribution in [0.1, 0.15) is 42.4 Å². The molecule has 14 heavy (non-hydrogen) atoms. The maximum atomic E-state index is 8.53. The van der Waals surface area contributed by atoms with Gasteiger partial charge in [0.25, 0.3) is 0 Å². The van der Waals surface area contributed by atoms with Crippen LogP contribution in [-0.2, 0) is 12.8 Å². The minimum Gasteiger partial charge on any atom is -0.198 e. The van der Waals surface area contributed by atoms with Gasteiger partial charge in [-0.2, -0.15) is 5.26 Å². The summed E-state index contributed by atoms with van der Waals surface area (Å²) in [5, 5.41) is 8.53. The third-order valence-corrected chi connectivity index (χ3v) is 3.39. The first-order chi connectivity index (χ1) is 6.86. The zero-order valence-electron chi connectivity index (χ0n) is 8.75. The molecule has 76 valence electrons. The average molecular weight is 207 g/mol. The second-order valence-electron chi connectivity index (χ2n) is 3.51. The number of rotatable bonds is 6. The first kappa shape index (κ1) is 11.3. The first-order valence-electron chi connectivity index (χ1n) is 5.31. The number of unbranched alkanes of at least 4 members (excludes halogenated alkanes) is 3. The molecular formula is C12H17NS. The molecule has 0 aliphatic heterocycles. The summed E-state index contributed by atoms with van der Waals surface area (Å²) in [5.74, 6) is 0. The number of aryl methyl sites for hydroxylation is 1. The highest BCUT2D eigenvalue weighted by molar-refractivity contribution is 7.12. The fourth-order valence-corrected chi connectivity index (χ4v) is 2.45. The van der Waals surface area contributed by atoms with E-state index >= 15 is 0 Å². The van der Waals surface area contributed by atoms with Gasteiger partial charge in [0.2, 0.25) is 0 Å². The summed E-state index contributed by atoms with van der Waals surface area (Å²) < 4.78 is 0. The molecule has 0 aromatic carbocycles. The predicted octanol–water partition coefficient (Wildman–Crippen LogP) is 3.94. The van der Waals surface area contributed by atoms with Crippen LogP contribution in [0.4, 0.5) is 0 Å². The van der Waals surface area contributed by atoms with E-state index in [-0.39, 0.29) is 0 Å². The van der Waals surface area contributed by atoms with Gasteiger partial charge in [0.15, 0.2) is 0 Å². The van der Waals surface area contributed by atoms with Crippen LogP contribution in [0, 0.1) is 11.3 Å². The smallest absolute Gasteiger partial charge is 0.0695 e. The summed E-state index contributed by atoms with van der Waals surface area (Å²) in [6, 6.07) is 6.44. The number of nitriles is 1. The molecule has 0 saturated heterocycles. The van der Waals surface area contributed by atoms with Gasteiger partial charge in [-0.3, -0.25) is 0 Å². The van der Waals surface area contributed by atoms with Gasteiger partial charge >= 0.3 is 0 Å². The van der Waals surface area contributed by atoms with Crippen molar-refractivity contribution in [1.82, 2.24) is 0 Å². The van der Waals surface area contributed by atoms with E-state index in [0.29, 0.717) is 6.42 Å². The summed E-state index contributed by atoms with van der Waals surface area (Å²) in [6.45, 7) is 2.23. The molecule has 1 rings (SSSR count). The Labute approximate surface area is 90.4 Å². The average Bonchev–Trinajstić information content (AvgIpc) is 2.61. The molecule has 2 heteroatoms. The van der Waals surface area contributed by atoms with Crippen molar-refractivity contribution in [2.24, 2.45) is 0 Å². The van der Waals surface area contributed by atoms with Crippen molar-refractivity contribution >= 4 is 11.3 Å². The van der Waals surface area contributed by atoms with E-state index in [9.17, 15) is 0 Å². The highest BCUT2D eigenvalue weighted by Gasteiger charge is 1.99. The Morgan fingerprint density at radius 3 is 2.71 bits per heavy atom. The largest absolute Gasteiger partial charge is 0.198 e. The molecule has 0 radical (unpaired) electrons. The van der Waals surface area contributed by atoms with Crippen LogP contribution < -0.4 is 0 Å². The molecule has 0 aliphatic rings. The predicted molar refractivity (Wildman–Crippen MR) is 61.5 cm³/mol. The fourth-order valence-electron chi connectivity index (χ4n) is 1.46. The second-order valence-corrected chi connectivity index (χ2v) is 4.77. The van der Waals surface area contributed by atoms with Crippen molar-refractivity contribution in [3.05, 3.63) is 21.9 Å². The Kier molecular flexibility index (Phi) is 5.32. The summed E-state index contributed by atoms with van der Waals surface area (Å²) >= 11 is 1.79. The minimum atomic E-state index is 0.569. The maximum absolute atomic E-state index is 8.53. The summed E-state index contributed by atoms with van der Waals surface area (Å²) in [6.07, 6.45) is 7.03. The van der Waals surface area contributed by atoms with Gasteiger partial charge in [-0.1, -0.05) is 26.2 Å². The van der Waals surface area contributed by atoms with Crippen LogP contribution in [0.15, 0.2) is 12.1 Å². The number of hydrogen-bond donors (Lipinski definition) is 0. The topological polar surface area (TPSA) is 23.8 Å². The van der Waals surface area contributed by atoms with Crippen LogP contribution >= 0.6 is 11.3 Å². The zero-order valence-corrected chi connectivity index (χ0v) is 9.57. The van der Waals surface area contributed by atoms with E-state index in [0.717, 1.165) is 0 Å². The van der Waals surface area contributed by atoms with Crippen LogP contribution in [-0.4, -0.2) is 0 Å². The normalized spacial score (nSPS) is 10.0. The SMILES string of the molecule is CCCCCCc1ccc(CC#N)s1. The second kappa shape index (κ2) is 6.62. The van der Waals surface area contributed by atoms with E-state index in [1.165, 1.54) is 41.9 Å². The van der Waals surface area contributed by atoms with Crippen molar-refractivity contribution in [2.45, 2.75) is 45.4 Å². The van der Waals surface area contributed by atoms with Crippen LogP contribution in [0.25, 0.3) is 0 Å². The lowest BCUT2D eigenvalue weighted by Crippen LogP contribution is -1.80. The Balaban J connectivity index is 2.26. The van der Waals surface area contributed by atoms with Gasteiger partial charge in [0, 0.05) is 9.75 Å². The third-order valence-electron chi connectivity index (χ3n) is 2.25. The molecule has 0 spiro atoms. The van der Waals surface area contributed by atoms with Gasteiger partial charge in [-0.25, -0.2) is 0 Å². The molecule has 0 amide bonds. The van der Waals surface area contributed by atoms with Gasteiger partial charge in [-0.15, -0.1) is 11.3 Å². The van der Waals surface area contributed by atoms with Crippen LogP contribution in [0.2, 0.25) is 0 Å². The van der Waals surface area contributed by atoms with Gasteiger partial charge in [-0.05, 0) is 25.0 Å². The molecule has 0 unspecified atom stereocenters.